The van der Waals surface area contributed by atoms with E-state index < -0.39 is 6.10 Å². The maximum absolute atomic E-state index is 13.1. The third kappa shape index (κ3) is 5.10. The minimum Gasteiger partial charge on any atom is -0.394 e. The van der Waals surface area contributed by atoms with Crippen molar-refractivity contribution in [1.82, 2.24) is 5.32 Å². The molecule has 0 aliphatic rings. The van der Waals surface area contributed by atoms with E-state index in [0.717, 1.165) is 0 Å². The Morgan fingerprint density at radius 2 is 2.17 bits per heavy atom. The lowest BCUT2D eigenvalue weighted by Gasteiger charge is -2.13. The van der Waals surface area contributed by atoms with Gasteiger partial charge in [-0.3, -0.25) is 0 Å². The van der Waals surface area contributed by atoms with Gasteiger partial charge in [-0.05, 0) is 24.1 Å². The molecule has 0 saturated carbocycles. The van der Waals surface area contributed by atoms with Crippen LogP contribution in [0.1, 0.15) is 17.2 Å². The van der Waals surface area contributed by atoms with Crippen LogP contribution in [0.25, 0.3) is 0 Å². The van der Waals surface area contributed by atoms with Crippen LogP contribution < -0.4 is 5.32 Å². The van der Waals surface area contributed by atoms with E-state index in [2.05, 4.69) is 5.32 Å². The third-order valence-corrected chi connectivity index (χ3v) is 2.56. The van der Waals surface area contributed by atoms with Crippen molar-refractivity contribution in [1.29, 1.82) is 0 Å². The molecular formula is C13H20FNO3. The van der Waals surface area contributed by atoms with E-state index in [-0.39, 0.29) is 12.4 Å². The van der Waals surface area contributed by atoms with E-state index in [1.807, 2.05) is 0 Å². The van der Waals surface area contributed by atoms with Crippen LogP contribution in [0.3, 0.4) is 0 Å². The summed E-state index contributed by atoms with van der Waals surface area (Å²) < 4.78 is 18.1. The molecule has 1 aromatic rings. The van der Waals surface area contributed by atoms with Crippen molar-refractivity contribution in [3.63, 3.8) is 0 Å². The van der Waals surface area contributed by atoms with E-state index in [1.54, 1.807) is 19.1 Å². The van der Waals surface area contributed by atoms with Crippen molar-refractivity contribution in [3.05, 3.63) is 35.1 Å². The standard InChI is InChI=1S/C13H20FNO3/c1-10-8-11(2-3-12(10)14)13(17)9-15-4-6-18-7-5-16/h2-3,8,13,15-17H,4-7,9H2,1H3. The fourth-order valence-corrected chi connectivity index (χ4v) is 1.54. The van der Waals surface area contributed by atoms with Crippen LogP contribution in [0.5, 0.6) is 0 Å². The molecule has 102 valence electrons. The zero-order valence-corrected chi connectivity index (χ0v) is 10.5. The number of aryl methyl sites for hydroxylation is 1. The number of ether oxygens (including phenoxy) is 1. The van der Waals surface area contributed by atoms with Crippen molar-refractivity contribution in [2.75, 3.05) is 32.9 Å². The highest BCUT2D eigenvalue weighted by atomic mass is 19.1. The highest BCUT2D eigenvalue weighted by Crippen LogP contribution is 2.15. The first-order valence-electron chi connectivity index (χ1n) is 5.98. The largest absolute Gasteiger partial charge is 0.394 e. The molecule has 0 fully saturated rings. The van der Waals surface area contributed by atoms with E-state index in [9.17, 15) is 9.50 Å². The molecule has 0 aliphatic heterocycles. The van der Waals surface area contributed by atoms with Crippen LogP contribution in [-0.4, -0.2) is 43.1 Å². The summed E-state index contributed by atoms with van der Waals surface area (Å²) in [6, 6.07) is 4.58. The first-order chi connectivity index (χ1) is 8.65. The number of aliphatic hydroxyl groups is 2. The van der Waals surface area contributed by atoms with Gasteiger partial charge in [0.1, 0.15) is 5.82 Å². The molecule has 0 radical (unpaired) electrons. The summed E-state index contributed by atoms with van der Waals surface area (Å²) in [7, 11) is 0. The molecule has 0 spiro atoms. The molecule has 5 heteroatoms. The van der Waals surface area contributed by atoms with E-state index in [4.69, 9.17) is 9.84 Å². The number of nitrogens with one attached hydrogen (secondary N) is 1. The van der Waals surface area contributed by atoms with Gasteiger partial charge in [0.2, 0.25) is 0 Å². The maximum atomic E-state index is 13.1. The van der Waals surface area contributed by atoms with Crippen LogP contribution in [0.4, 0.5) is 4.39 Å². The molecule has 0 amide bonds. The number of hydrogen-bond acceptors (Lipinski definition) is 4. The lowest BCUT2D eigenvalue weighted by Crippen LogP contribution is -2.25. The van der Waals surface area contributed by atoms with Crippen LogP contribution in [0, 0.1) is 12.7 Å². The lowest BCUT2D eigenvalue weighted by atomic mass is 10.1. The van der Waals surface area contributed by atoms with Crippen LogP contribution in [0.15, 0.2) is 18.2 Å². The van der Waals surface area contributed by atoms with Gasteiger partial charge in [0.25, 0.3) is 0 Å². The Labute approximate surface area is 106 Å². The van der Waals surface area contributed by atoms with Crippen LogP contribution in [-0.2, 0) is 4.74 Å². The second-order valence-electron chi connectivity index (χ2n) is 4.06. The highest BCUT2D eigenvalue weighted by Gasteiger charge is 2.08. The fourth-order valence-electron chi connectivity index (χ4n) is 1.54. The molecule has 0 aromatic heterocycles. The highest BCUT2D eigenvalue weighted by molar-refractivity contribution is 5.25. The normalized spacial score (nSPS) is 12.7. The van der Waals surface area contributed by atoms with Gasteiger partial charge < -0.3 is 20.3 Å². The Morgan fingerprint density at radius 1 is 1.39 bits per heavy atom. The average Bonchev–Trinajstić information content (AvgIpc) is 2.36. The molecule has 0 bridgehead atoms. The Balaban J connectivity index is 2.27. The van der Waals surface area contributed by atoms with E-state index in [0.29, 0.717) is 37.4 Å². The summed E-state index contributed by atoms with van der Waals surface area (Å²) in [5.74, 6) is -0.267. The minimum absolute atomic E-state index is 0.0114. The average molecular weight is 257 g/mol. The van der Waals surface area contributed by atoms with E-state index in [1.165, 1.54) is 6.07 Å². The molecule has 0 aliphatic carbocycles. The Bertz CT molecular complexity index is 360. The molecule has 1 aromatic carbocycles. The van der Waals surface area contributed by atoms with Gasteiger partial charge in [-0.2, -0.15) is 0 Å². The quantitative estimate of drug-likeness (QED) is 0.602. The van der Waals surface area contributed by atoms with Gasteiger partial charge in [-0.15, -0.1) is 0 Å². The molecule has 0 heterocycles. The molecule has 0 saturated heterocycles. The zero-order chi connectivity index (χ0) is 13.4. The smallest absolute Gasteiger partial charge is 0.126 e. The Kier molecular flexibility index (Phi) is 6.82. The van der Waals surface area contributed by atoms with Crippen molar-refractivity contribution < 1.29 is 19.3 Å². The number of rotatable bonds is 8. The van der Waals surface area contributed by atoms with Gasteiger partial charge in [0.15, 0.2) is 0 Å². The number of hydrogen-bond donors (Lipinski definition) is 3. The number of aliphatic hydroxyl groups excluding tert-OH is 2. The monoisotopic (exact) mass is 257 g/mol. The first-order valence-corrected chi connectivity index (χ1v) is 5.98. The number of halogens is 1. The van der Waals surface area contributed by atoms with Gasteiger partial charge in [-0.1, -0.05) is 12.1 Å². The minimum atomic E-state index is -0.665. The molecule has 3 N–H and O–H groups in total. The summed E-state index contributed by atoms with van der Waals surface area (Å²) in [6.07, 6.45) is -0.665. The maximum Gasteiger partial charge on any atom is 0.126 e. The predicted octanol–water partition coefficient (Wildman–Crippen LogP) is 0.766. The molecule has 4 nitrogen and oxygen atoms in total. The van der Waals surface area contributed by atoms with Crippen molar-refractivity contribution in [3.8, 4) is 0 Å². The van der Waals surface area contributed by atoms with Crippen molar-refractivity contribution in [2.45, 2.75) is 13.0 Å². The van der Waals surface area contributed by atoms with Crippen molar-refractivity contribution in [2.24, 2.45) is 0 Å². The Morgan fingerprint density at radius 3 is 2.83 bits per heavy atom. The Hall–Kier alpha value is -1.01. The first kappa shape index (κ1) is 15.0. The molecular weight excluding hydrogens is 237 g/mol. The van der Waals surface area contributed by atoms with Gasteiger partial charge in [-0.25, -0.2) is 4.39 Å². The van der Waals surface area contributed by atoms with Crippen LogP contribution in [0.2, 0.25) is 0 Å². The summed E-state index contributed by atoms with van der Waals surface area (Å²) in [6.45, 7) is 3.46. The van der Waals surface area contributed by atoms with E-state index >= 15 is 0 Å². The van der Waals surface area contributed by atoms with Gasteiger partial charge in [0, 0.05) is 13.1 Å². The van der Waals surface area contributed by atoms with Gasteiger partial charge >= 0.3 is 0 Å². The third-order valence-electron chi connectivity index (χ3n) is 2.56. The fraction of sp³-hybridized carbons (Fsp3) is 0.538. The van der Waals surface area contributed by atoms with Gasteiger partial charge in [0.05, 0.1) is 25.9 Å². The summed E-state index contributed by atoms with van der Waals surface area (Å²) >= 11 is 0. The number of benzene rings is 1. The summed E-state index contributed by atoms with van der Waals surface area (Å²) in [5, 5.41) is 21.4. The predicted molar refractivity (Wildman–Crippen MR) is 66.9 cm³/mol. The summed E-state index contributed by atoms with van der Waals surface area (Å²) in [4.78, 5) is 0. The van der Waals surface area contributed by atoms with Crippen molar-refractivity contribution >= 4 is 0 Å². The molecule has 1 rings (SSSR count). The lowest BCUT2D eigenvalue weighted by molar-refractivity contribution is 0.0910. The second-order valence-corrected chi connectivity index (χ2v) is 4.06. The SMILES string of the molecule is Cc1cc(C(O)CNCCOCCO)ccc1F. The second kappa shape index (κ2) is 8.16. The van der Waals surface area contributed by atoms with Crippen LogP contribution >= 0.6 is 0 Å². The summed E-state index contributed by atoms with van der Waals surface area (Å²) in [5.41, 5.74) is 1.22. The molecule has 1 atom stereocenters. The molecule has 1 unspecified atom stereocenters. The zero-order valence-electron chi connectivity index (χ0n) is 10.5. The topological polar surface area (TPSA) is 61.7 Å². The molecule has 18 heavy (non-hydrogen) atoms.